The van der Waals surface area contributed by atoms with Crippen molar-refractivity contribution in [3.63, 3.8) is 0 Å². The number of amides is 1. The second-order valence-corrected chi connectivity index (χ2v) is 10.3. The van der Waals surface area contributed by atoms with Crippen LogP contribution in [0, 0.1) is 0 Å². The average Bonchev–Trinajstić information content (AvgIpc) is 3.41. The molecule has 0 radical (unpaired) electrons. The Hall–Kier alpha value is -2.96. The van der Waals surface area contributed by atoms with Gasteiger partial charge in [0, 0.05) is 30.5 Å². The summed E-state index contributed by atoms with van der Waals surface area (Å²) in [6.07, 6.45) is -8.44. The van der Waals surface area contributed by atoms with E-state index < -0.39 is 39.8 Å². The summed E-state index contributed by atoms with van der Waals surface area (Å²) in [7, 11) is 0. The van der Waals surface area contributed by atoms with Crippen molar-refractivity contribution in [1.29, 1.82) is 0 Å². The number of ether oxygens (including phenoxy) is 2. The second-order valence-electron chi connectivity index (χ2n) is 8.45. The summed E-state index contributed by atoms with van der Waals surface area (Å²) in [5.41, 5.74) is -3.37. The number of alkyl halides is 6. The van der Waals surface area contributed by atoms with Crippen LogP contribution in [0.25, 0.3) is 6.08 Å². The standard InChI is InChI=1S/C27H23F6NO3S2/c28-26(29,30)24-19(6-8-23(35)34-11-14-36-15-12-34)5-7-22(25(24)27(31,32)33)39-21-4-2-1-3-20(21)37-13-9-18-10-16-38-17-18/h1-8,10,16-17H,9,11-15H2. The summed E-state index contributed by atoms with van der Waals surface area (Å²) in [4.78, 5) is 13.4. The Kier molecular flexibility index (Phi) is 9.29. The number of carbonyl (C=O) groups excluding carboxylic acids is 1. The van der Waals surface area contributed by atoms with Gasteiger partial charge in [-0.1, -0.05) is 30.0 Å². The number of rotatable bonds is 8. The monoisotopic (exact) mass is 587 g/mol. The van der Waals surface area contributed by atoms with Crippen molar-refractivity contribution in [2.45, 2.75) is 28.6 Å². The first kappa shape index (κ1) is 29.0. The number of nitrogens with zero attached hydrogens (tertiary/aromatic N) is 1. The molecule has 0 unspecified atom stereocenters. The molecule has 2 aromatic carbocycles. The minimum Gasteiger partial charge on any atom is -0.492 e. The van der Waals surface area contributed by atoms with Crippen LogP contribution in [-0.4, -0.2) is 43.7 Å². The Morgan fingerprint density at radius 2 is 1.69 bits per heavy atom. The first-order valence-electron chi connectivity index (χ1n) is 11.8. The van der Waals surface area contributed by atoms with Crippen molar-refractivity contribution in [3.05, 3.63) is 81.6 Å². The summed E-state index contributed by atoms with van der Waals surface area (Å²) in [5, 5.41) is 3.86. The number of para-hydroxylation sites is 1. The zero-order valence-electron chi connectivity index (χ0n) is 20.3. The van der Waals surface area contributed by atoms with Gasteiger partial charge < -0.3 is 14.4 Å². The Labute approximate surface area is 229 Å². The lowest BCUT2D eigenvalue weighted by atomic mass is 9.99. The van der Waals surface area contributed by atoms with Gasteiger partial charge in [-0.3, -0.25) is 4.79 Å². The third kappa shape index (κ3) is 7.58. The summed E-state index contributed by atoms with van der Waals surface area (Å²) in [6.45, 7) is 1.28. The maximum absolute atomic E-state index is 14.2. The first-order chi connectivity index (χ1) is 18.5. The Morgan fingerprint density at radius 3 is 2.36 bits per heavy atom. The third-order valence-corrected chi connectivity index (χ3v) is 7.64. The quantitative estimate of drug-likeness (QED) is 0.203. The number of hydrogen-bond donors (Lipinski definition) is 0. The summed E-state index contributed by atoms with van der Waals surface area (Å²) in [6, 6.07) is 10.1. The molecular weight excluding hydrogens is 564 g/mol. The molecule has 1 aliphatic heterocycles. The molecule has 3 aromatic rings. The molecule has 1 amide bonds. The van der Waals surface area contributed by atoms with Gasteiger partial charge >= 0.3 is 12.4 Å². The highest BCUT2D eigenvalue weighted by atomic mass is 32.2. The molecule has 1 aliphatic rings. The highest BCUT2D eigenvalue weighted by molar-refractivity contribution is 7.99. The van der Waals surface area contributed by atoms with E-state index in [1.54, 1.807) is 18.2 Å². The Morgan fingerprint density at radius 1 is 0.974 bits per heavy atom. The van der Waals surface area contributed by atoms with Gasteiger partial charge in [-0.2, -0.15) is 37.7 Å². The SMILES string of the molecule is O=C(C=Cc1ccc(Sc2ccccc2OCCc2ccsc2)c(C(F)(F)F)c1C(F)(F)F)N1CCOCC1. The van der Waals surface area contributed by atoms with Crippen LogP contribution in [0.15, 0.2) is 69.1 Å². The van der Waals surface area contributed by atoms with Gasteiger partial charge in [-0.25, -0.2) is 0 Å². The highest BCUT2D eigenvalue weighted by Gasteiger charge is 2.46. The molecule has 4 rings (SSSR count). The van der Waals surface area contributed by atoms with E-state index in [1.165, 1.54) is 22.3 Å². The van der Waals surface area contributed by atoms with Crippen molar-refractivity contribution in [3.8, 4) is 5.75 Å². The molecule has 0 spiro atoms. The van der Waals surface area contributed by atoms with Gasteiger partial charge in [0.05, 0.1) is 35.8 Å². The highest BCUT2D eigenvalue weighted by Crippen LogP contribution is 2.49. The van der Waals surface area contributed by atoms with Crippen molar-refractivity contribution in [2.75, 3.05) is 32.9 Å². The zero-order valence-corrected chi connectivity index (χ0v) is 22.0. The van der Waals surface area contributed by atoms with Gasteiger partial charge in [0.1, 0.15) is 5.75 Å². The average molecular weight is 588 g/mol. The molecule has 39 heavy (non-hydrogen) atoms. The minimum absolute atomic E-state index is 0.243. The summed E-state index contributed by atoms with van der Waals surface area (Å²) < 4.78 is 96.0. The van der Waals surface area contributed by atoms with Gasteiger partial charge in [0.15, 0.2) is 0 Å². The third-order valence-electron chi connectivity index (χ3n) is 5.79. The van der Waals surface area contributed by atoms with Crippen molar-refractivity contribution >= 4 is 35.1 Å². The zero-order chi connectivity index (χ0) is 28.0. The van der Waals surface area contributed by atoms with E-state index in [0.29, 0.717) is 18.2 Å². The van der Waals surface area contributed by atoms with Gasteiger partial charge in [0.2, 0.25) is 5.91 Å². The molecule has 1 aromatic heterocycles. The van der Waals surface area contributed by atoms with Crippen LogP contribution in [0.5, 0.6) is 5.75 Å². The molecule has 2 heterocycles. The van der Waals surface area contributed by atoms with E-state index in [0.717, 1.165) is 29.8 Å². The maximum Gasteiger partial charge on any atom is 0.418 e. The molecule has 0 bridgehead atoms. The largest absolute Gasteiger partial charge is 0.492 e. The number of morpholine rings is 1. The number of hydrogen-bond acceptors (Lipinski definition) is 5. The molecule has 0 saturated carbocycles. The fourth-order valence-corrected chi connectivity index (χ4v) is 5.72. The fourth-order valence-electron chi connectivity index (χ4n) is 3.95. The van der Waals surface area contributed by atoms with Crippen LogP contribution in [0.2, 0.25) is 0 Å². The number of carbonyl (C=O) groups is 1. The van der Waals surface area contributed by atoms with Crippen LogP contribution in [-0.2, 0) is 28.3 Å². The lowest BCUT2D eigenvalue weighted by molar-refractivity contribution is -0.163. The fraction of sp³-hybridized carbons (Fsp3) is 0.296. The summed E-state index contributed by atoms with van der Waals surface area (Å²) >= 11 is 2.07. The molecule has 12 heteroatoms. The van der Waals surface area contributed by atoms with Crippen LogP contribution in [0.4, 0.5) is 26.3 Å². The lowest BCUT2D eigenvalue weighted by Gasteiger charge is -2.25. The normalized spacial score (nSPS) is 14.7. The second kappa shape index (κ2) is 12.5. The Balaban J connectivity index is 1.66. The lowest BCUT2D eigenvalue weighted by Crippen LogP contribution is -2.39. The molecule has 208 valence electrons. The molecule has 4 nitrogen and oxygen atoms in total. The van der Waals surface area contributed by atoms with Gasteiger partial charge in [-0.15, -0.1) is 0 Å². The predicted octanol–water partition coefficient (Wildman–Crippen LogP) is 7.43. The smallest absolute Gasteiger partial charge is 0.418 e. The molecule has 1 fully saturated rings. The number of thiophene rings is 1. The summed E-state index contributed by atoms with van der Waals surface area (Å²) in [5.74, 6) is -0.341. The number of benzene rings is 2. The van der Waals surface area contributed by atoms with Gasteiger partial charge in [0.25, 0.3) is 0 Å². The minimum atomic E-state index is -5.33. The van der Waals surface area contributed by atoms with Gasteiger partial charge in [-0.05, 0) is 52.2 Å². The maximum atomic E-state index is 14.2. The molecular formula is C27H23F6NO3S2. The Bertz CT molecular complexity index is 1300. The van der Waals surface area contributed by atoms with E-state index in [-0.39, 0.29) is 43.6 Å². The van der Waals surface area contributed by atoms with Crippen LogP contribution >= 0.6 is 23.1 Å². The number of halogens is 6. The van der Waals surface area contributed by atoms with E-state index >= 15 is 0 Å². The van der Waals surface area contributed by atoms with E-state index in [1.807, 2.05) is 16.8 Å². The first-order valence-corrected chi connectivity index (χ1v) is 13.6. The molecule has 0 aliphatic carbocycles. The van der Waals surface area contributed by atoms with Crippen LogP contribution in [0.1, 0.15) is 22.3 Å². The topological polar surface area (TPSA) is 38.8 Å². The van der Waals surface area contributed by atoms with Crippen molar-refractivity contribution in [1.82, 2.24) is 4.90 Å². The molecule has 1 saturated heterocycles. The predicted molar refractivity (Wildman–Crippen MR) is 137 cm³/mol. The van der Waals surface area contributed by atoms with Crippen LogP contribution < -0.4 is 4.74 Å². The van der Waals surface area contributed by atoms with E-state index in [2.05, 4.69) is 0 Å². The van der Waals surface area contributed by atoms with E-state index in [4.69, 9.17) is 9.47 Å². The van der Waals surface area contributed by atoms with Crippen molar-refractivity contribution in [2.24, 2.45) is 0 Å². The molecule has 0 N–H and O–H groups in total. The van der Waals surface area contributed by atoms with E-state index in [9.17, 15) is 31.1 Å². The molecule has 0 atom stereocenters. The van der Waals surface area contributed by atoms with Crippen molar-refractivity contribution < 1.29 is 40.6 Å². The van der Waals surface area contributed by atoms with Crippen LogP contribution in [0.3, 0.4) is 0 Å².